The van der Waals surface area contributed by atoms with Crippen LogP contribution >= 0.6 is 0 Å². The van der Waals surface area contributed by atoms with Crippen LogP contribution in [0.1, 0.15) is 25.5 Å². The van der Waals surface area contributed by atoms with Crippen molar-refractivity contribution in [1.29, 1.82) is 0 Å². The summed E-state index contributed by atoms with van der Waals surface area (Å²) in [5.41, 5.74) is 6.61. The Kier molecular flexibility index (Phi) is 7.81. The first-order valence-corrected chi connectivity index (χ1v) is 7.94. The molecule has 1 unspecified atom stereocenters. The average molecular weight is 338 g/mol. The molecular weight excluding hydrogens is 311 g/mol. The molecule has 134 valence electrons. The van der Waals surface area contributed by atoms with E-state index in [1.54, 1.807) is 12.1 Å². The van der Waals surface area contributed by atoms with E-state index in [0.717, 1.165) is 5.56 Å². The predicted molar refractivity (Wildman–Crippen MR) is 91.7 cm³/mol. The smallest absolute Gasteiger partial charge is 0.239 e. The van der Waals surface area contributed by atoms with Crippen molar-refractivity contribution in [3.05, 3.63) is 35.6 Å². The summed E-state index contributed by atoms with van der Waals surface area (Å²) in [4.78, 5) is 25.6. The molecule has 0 aromatic heterocycles. The second-order valence-electron chi connectivity index (χ2n) is 6.32. The van der Waals surface area contributed by atoms with E-state index in [4.69, 9.17) is 5.73 Å². The molecule has 0 aliphatic heterocycles. The molecule has 4 N–H and O–H groups in total. The lowest BCUT2D eigenvalue weighted by atomic mass is 10.1. The largest absolute Gasteiger partial charge is 0.353 e. The normalized spacial score (nSPS) is 13.7. The van der Waals surface area contributed by atoms with E-state index in [-0.39, 0.29) is 36.1 Å². The number of rotatable bonds is 8. The van der Waals surface area contributed by atoms with Crippen molar-refractivity contribution in [2.75, 3.05) is 27.2 Å². The van der Waals surface area contributed by atoms with Crippen molar-refractivity contribution >= 4 is 11.8 Å². The van der Waals surface area contributed by atoms with Crippen LogP contribution in [-0.4, -0.2) is 49.9 Å². The number of nitrogens with zero attached hydrogens (tertiary/aromatic N) is 1. The third-order valence-electron chi connectivity index (χ3n) is 3.81. The quantitative estimate of drug-likeness (QED) is 0.649. The van der Waals surface area contributed by atoms with Gasteiger partial charge in [-0.1, -0.05) is 26.0 Å². The summed E-state index contributed by atoms with van der Waals surface area (Å²) in [5, 5.41) is 5.30. The van der Waals surface area contributed by atoms with Gasteiger partial charge in [-0.15, -0.1) is 0 Å². The summed E-state index contributed by atoms with van der Waals surface area (Å²) in [6.07, 6.45) is 0. The summed E-state index contributed by atoms with van der Waals surface area (Å²) in [6, 6.07) is 5.43. The SMILES string of the molecule is CC(C)[C@H](N)C(=O)NCC(=O)NCC(c1ccc(F)cc1)N(C)C. The maximum absolute atomic E-state index is 13.0. The number of likely N-dealkylation sites (N-methyl/N-ethyl adjacent to an activating group) is 1. The van der Waals surface area contributed by atoms with Crippen LogP contribution in [0.5, 0.6) is 0 Å². The fourth-order valence-electron chi connectivity index (χ4n) is 2.14. The Morgan fingerprint density at radius 3 is 2.25 bits per heavy atom. The van der Waals surface area contributed by atoms with Crippen LogP contribution in [0.4, 0.5) is 4.39 Å². The first-order valence-electron chi connectivity index (χ1n) is 7.94. The van der Waals surface area contributed by atoms with E-state index in [1.807, 2.05) is 32.8 Å². The topological polar surface area (TPSA) is 87.5 Å². The van der Waals surface area contributed by atoms with Crippen molar-refractivity contribution in [2.24, 2.45) is 11.7 Å². The second kappa shape index (κ2) is 9.34. The molecule has 0 radical (unpaired) electrons. The van der Waals surface area contributed by atoms with Gasteiger partial charge in [0.25, 0.3) is 0 Å². The monoisotopic (exact) mass is 338 g/mol. The molecule has 6 nitrogen and oxygen atoms in total. The zero-order chi connectivity index (χ0) is 18.3. The molecule has 0 heterocycles. The summed E-state index contributed by atoms with van der Waals surface area (Å²) < 4.78 is 13.0. The minimum absolute atomic E-state index is 0.00431. The molecule has 0 spiro atoms. The molecule has 7 heteroatoms. The van der Waals surface area contributed by atoms with Gasteiger partial charge in [0.2, 0.25) is 11.8 Å². The van der Waals surface area contributed by atoms with Gasteiger partial charge in [-0.25, -0.2) is 4.39 Å². The average Bonchev–Trinajstić information content (AvgIpc) is 2.53. The van der Waals surface area contributed by atoms with Crippen LogP contribution in [0.15, 0.2) is 24.3 Å². The van der Waals surface area contributed by atoms with E-state index >= 15 is 0 Å². The molecular formula is C17H27FN4O2. The molecule has 0 saturated heterocycles. The molecule has 0 bridgehead atoms. The fourth-order valence-corrected chi connectivity index (χ4v) is 2.14. The van der Waals surface area contributed by atoms with E-state index < -0.39 is 6.04 Å². The molecule has 0 aliphatic rings. The molecule has 2 atom stereocenters. The Balaban J connectivity index is 2.51. The minimum Gasteiger partial charge on any atom is -0.353 e. The number of halogens is 1. The Morgan fingerprint density at radius 1 is 1.17 bits per heavy atom. The molecule has 1 rings (SSSR count). The third kappa shape index (κ3) is 6.25. The number of nitrogens with two attached hydrogens (primary N) is 1. The molecule has 1 aromatic carbocycles. The van der Waals surface area contributed by atoms with E-state index in [1.165, 1.54) is 12.1 Å². The Morgan fingerprint density at radius 2 is 1.75 bits per heavy atom. The lowest BCUT2D eigenvalue weighted by Crippen LogP contribution is -2.47. The number of carbonyl (C=O) groups excluding carboxylic acids is 2. The lowest BCUT2D eigenvalue weighted by molar-refractivity contribution is -0.127. The van der Waals surface area contributed by atoms with Crippen LogP contribution in [0, 0.1) is 11.7 Å². The fraction of sp³-hybridized carbons (Fsp3) is 0.529. The summed E-state index contributed by atoms with van der Waals surface area (Å²) in [7, 11) is 3.76. The van der Waals surface area contributed by atoms with Gasteiger partial charge in [0.15, 0.2) is 0 Å². The summed E-state index contributed by atoms with van der Waals surface area (Å²) in [6.45, 7) is 3.91. The van der Waals surface area contributed by atoms with Gasteiger partial charge in [-0.2, -0.15) is 0 Å². The minimum atomic E-state index is -0.633. The number of nitrogens with one attached hydrogen (secondary N) is 2. The van der Waals surface area contributed by atoms with Crippen molar-refractivity contribution < 1.29 is 14.0 Å². The maximum atomic E-state index is 13.0. The van der Waals surface area contributed by atoms with Crippen molar-refractivity contribution in [1.82, 2.24) is 15.5 Å². The Bertz CT molecular complexity index is 546. The highest BCUT2D eigenvalue weighted by atomic mass is 19.1. The number of hydrogen-bond acceptors (Lipinski definition) is 4. The van der Waals surface area contributed by atoms with Crippen LogP contribution in [0.25, 0.3) is 0 Å². The molecule has 1 aromatic rings. The number of carbonyl (C=O) groups is 2. The third-order valence-corrected chi connectivity index (χ3v) is 3.81. The van der Waals surface area contributed by atoms with Crippen LogP contribution in [0.3, 0.4) is 0 Å². The van der Waals surface area contributed by atoms with Crippen molar-refractivity contribution in [3.8, 4) is 0 Å². The Hall–Kier alpha value is -1.99. The number of amides is 2. The molecule has 24 heavy (non-hydrogen) atoms. The van der Waals surface area contributed by atoms with Crippen LogP contribution in [0.2, 0.25) is 0 Å². The lowest BCUT2D eigenvalue weighted by Gasteiger charge is -2.25. The molecule has 2 amide bonds. The highest BCUT2D eigenvalue weighted by molar-refractivity contribution is 5.87. The van der Waals surface area contributed by atoms with Gasteiger partial charge < -0.3 is 21.3 Å². The standard InChI is InChI=1S/C17H27FN4O2/c1-11(2)16(19)17(24)21-10-15(23)20-9-14(22(3)4)12-5-7-13(18)8-6-12/h5-8,11,14,16H,9-10,19H2,1-4H3,(H,20,23)(H,21,24)/t14?,16-/m0/s1. The highest BCUT2D eigenvalue weighted by Gasteiger charge is 2.19. The number of benzene rings is 1. The number of hydrogen-bond donors (Lipinski definition) is 3. The van der Waals surface area contributed by atoms with E-state index in [2.05, 4.69) is 10.6 Å². The first kappa shape index (κ1) is 20.1. The van der Waals surface area contributed by atoms with Crippen molar-refractivity contribution in [3.63, 3.8) is 0 Å². The van der Waals surface area contributed by atoms with Crippen molar-refractivity contribution in [2.45, 2.75) is 25.9 Å². The zero-order valence-corrected chi connectivity index (χ0v) is 14.7. The molecule has 0 saturated carbocycles. The zero-order valence-electron chi connectivity index (χ0n) is 14.7. The second-order valence-corrected chi connectivity index (χ2v) is 6.32. The van der Waals surface area contributed by atoms with Gasteiger partial charge >= 0.3 is 0 Å². The first-order chi connectivity index (χ1) is 11.2. The van der Waals surface area contributed by atoms with Crippen LogP contribution < -0.4 is 16.4 Å². The molecule has 0 aliphatic carbocycles. The van der Waals surface area contributed by atoms with E-state index in [9.17, 15) is 14.0 Å². The highest BCUT2D eigenvalue weighted by Crippen LogP contribution is 2.17. The van der Waals surface area contributed by atoms with Crippen LogP contribution in [-0.2, 0) is 9.59 Å². The van der Waals surface area contributed by atoms with Gasteiger partial charge in [-0.05, 0) is 37.7 Å². The summed E-state index contributed by atoms with van der Waals surface area (Å²) in [5.74, 6) is -0.940. The van der Waals surface area contributed by atoms with Gasteiger partial charge in [-0.3, -0.25) is 9.59 Å². The van der Waals surface area contributed by atoms with Gasteiger partial charge in [0.1, 0.15) is 5.82 Å². The van der Waals surface area contributed by atoms with Gasteiger partial charge in [0, 0.05) is 6.54 Å². The van der Waals surface area contributed by atoms with Gasteiger partial charge in [0.05, 0.1) is 18.6 Å². The maximum Gasteiger partial charge on any atom is 0.239 e. The molecule has 0 fully saturated rings. The van der Waals surface area contributed by atoms with E-state index in [0.29, 0.717) is 6.54 Å². The predicted octanol–water partition coefficient (Wildman–Crippen LogP) is 0.644. The summed E-state index contributed by atoms with van der Waals surface area (Å²) >= 11 is 0. The Labute approximate surface area is 142 Å².